The zero-order valence-corrected chi connectivity index (χ0v) is 9.27. The fourth-order valence-electron chi connectivity index (χ4n) is 1.15. The number of halogens is 1. The van der Waals surface area contributed by atoms with E-state index < -0.39 is 12.0 Å². The first kappa shape index (κ1) is 11.6. The van der Waals surface area contributed by atoms with E-state index in [1.165, 1.54) is 6.20 Å². The summed E-state index contributed by atoms with van der Waals surface area (Å²) < 4.78 is 0.739. The Morgan fingerprint density at radius 1 is 1.67 bits per heavy atom. The molecule has 15 heavy (non-hydrogen) atoms. The first-order chi connectivity index (χ1) is 7.13. The molecular formula is C9H9BrN2O3. The second-order valence-corrected chi connectivity index (χ2v) is 3.79. The van der Waals surface area contributed by atoms with Gasteiger partial charge in [-0.3, -0.25) is 14.6 Å². The van der Waals surface area contributed by atoms with E-state index in [2.05, 4.69) is 26.2 Å². The molecule has 1 aromatic rings. The summed E-state index contributed by atoms with van der Waals surface area (Å²) in [6.45, 7) is 0. The topological polar surface area (TPSA) is 79.3 Å². The van der Waals surface area contributed by atoms with Gasteiger partial charge in [-0.1, -0.05) is 0 Å². The number of nitrogens with zero attached hydrogens (tertiary/aromatic N) is 1. The molecule has 0 saturated carbocycles. The minimum atomic E-state index is -0.977. The van der Waals surface area contributed by atoms with Gasteiger partial charge in [-0.2, -0.15) is 0 Å². The molecule has 0 bridgehead atoms. The molecule has 2 N–H and O–H groups in total. The number of nitrogens with one attached hydrogen (secondary N) is 1. The van der Waals surface area contributed by atoms with Gasteiger partial charge in [-0.25, -0.2) is 0 Å². The predicted molar refractivity (Wildman–Crippen MR) is 56.1 cm³/mol. The highest BCUT2D eigenvalue weighted by atomic mass is 79.9. The minimum absolute atomic E-state index is 0.170. The van der Waals surface area contributed by atoms with Crippen LogP contribution in [0.25, 0.3) is 0 Å². The summed E-state index contributed by atoms with van der Waals surface area (Å²) in [5.74, 6) is -0.977. The second kappa shape index (κ2) is 5.45. The number of pyridine rings is 1. The molecule has 0 aliphatic heterocycles. The number of aromatic nitrogens is 1. The van der Waals surface area contributed by atoms with Crippen molar-refractivity contribution in [1.29, 1.82) is 0 Å². The lowest BCUT2D eigenvalue weighted by atomic mass is 10.1. The van der Waals surface area contributed by atoms with Crippen molar-refractivity contribution in [2.75, 3.05) is 0 Å². The molecule has 1 amide bonds. The Balaban J connectivity index is 2.87. The van der Waals surface area contributed by atoms with Crippen LogP contribution in [-0.2, 0) is 9.59 Å². The van der Waals surface area contributed by atoms with Crippen molar-refractivity contribution in [3.8, 4) is 0 Å². The average molecular weight is 273 g/mol. The van der Waals surface area contributed by atoms with Crippen LogP contribution in [0.2, 0.25) is 0 Å². The van der Waals surface area contributed by atoms with E-state index in [9.17, 15) is 9.59 Å². The molecule has 0 aromatic carbocycles. The van der Waals surface area contributed by atoms with Crippen molar-refractivity contribution in [2.45, 2.75) is 12.5 Å². The Morgan fingerprint density at radius 2 is 2.40 bits per heavy atom. The van der Waals surface area contributed by atoms with Gasteiger partial charge in [0, 0.05) is 16.9 Å². The Morgan fingerprint density at radius 3 is 2.93 bits per heavy atom. The maximum Gasteiger partial charge on any atom is 0.305 e. The van der Waals surface area contributed by atoms with Crippen LogP contribution in [0.3, 0.4) is 0 Å². The summed E-state index contributed by atoms with van der Waals surface area (Å²) in [6.07, 6.45) is 3.42. The monoisotopic (exact) mass is 272 g/mol. The fraction of sp³-hybridized carbons (Fsp3) is 0.222. The zero-order valence-electron chi connectivity index (χ0n) is 7.68. The lowest BCUT2D eigenvalue weighted by Gasteiger charge is -2.13. The van der Waals surface area contributed by atoms with E-state index in [1.54, 1.807) is 12.3 Å². The lowest BCUT2D eigenvalue weighted by Crippen LogP contribution is -2.22. The number of carbonyl (C=O) groups excluding carboxylic acids is 1. The molecule has 0 unspecified atom stereocenters. The summed E-state index contributed by atoms with van der Waals surface area (Å²) in [5, 5.41) is 11.1. The van der Waals surface area contributed by atoms with Crippen LogP contribution < -0.4 is 5.32 Å². The summed E-state index contributed by atoms with van der Waals surface area (Å²) in [4.78, 5) is 24.8. The number of aliphatic carboxylic acids is 1. The highest BCUT2D eigenvalue weighted by Gasteiger charge is 2.14. The van der Waals surface area contributed by atoms with Gasteiger partial charge in [-0.15, -0.1) is 0 Å². The van der Waals surface area contributed by atoms with Gasteiger partial charge < -0.3 is 10.4 Å². The van der Waals surface area contributed by atoms with Gasteiger partial charge in [0.25, 0.3) is 0 Å². The largest absolute Gasteiger partial charge is 0.481 e. The Labute approximate surface area is 94.6 Å². The normalized spacial score (nSPS) is 11.8. The molecule has 1 atom stereocenters. The molecule has 0 aliphatic carbocycles. The maximum absolute atomic E-state index is 10.6. The number of carbonyl (C=O) groups is 2. The average Bonchev–Trinajstić information content (AvgIpc) is 2.16. The summed E-state index contributed by atoms with van der Waals surface area (Å²) in [5.41, 5.74) is 0.652. The highest BCUT2D eigenvalue weighted by Crippen LogP contribution is 2.19. The third-order valence-electron chi connectivity index (χ3n) is 1.78. The number of rotatable bonds is 5. The first-order valence-corrected chi connectivity index (χ1v) is 4.94. The Bertz CT molecular complexity index is 370. The quantitative estimate of drug-likeness (QED) is 0.787. The van der Waals surface area contributed by atoms with Gasteiger partial charge in [0.15, 0.2) is 0 Å². The standard InChI is InChI=1S/C9H9BrN2O3/c10-7-1-6(3-11-4-7)8(12-5-13)2-9(14)15/h1,3-5,8H,2H2,(H,12,13)(H,14,15)/t8-/m1/s1. The summed E-state index contributed by atoms with van der Waals surface area (Å²) >= 11 is 3.22. The molecule has 80 valence electrons. The Kier molecular flexibility index (Phi) is 4.23. The van der Waals surface area contributed by atoms with Gasteiger partial charge in [0.1, 0.15) is 0 Å². The van der Waals surface area contributed by atoms with E-state index in [-0.39, 0.29) is 6.42 Å². The van der Waals surface area contributed by atoms with E-state index in [4.69, 9.17) is 5.11 Å². The van der Waals surface area contributed by atoms with Crippen LogP contribution in [0.5, 0.6) is 0 Å². The predicted octanol–water partition coefficient (Wildman–Crippen LogP) is 1.11. The molecule has 1 rings (SSSR count). The van der Waals surface area contributed by atoms with Crippen LogP contribution in [0, 0.1) is 0 Å². The first-order valence-electron chi connectivity index (χ1n) is 4.15. The lowest BCUT2D eigenvalue weighted by molar-refractivity contribution is -0.137. The molecule has 0 saturated heterocycles. The van der Waals surface area contributed by atoms with Gasteiger partial charge in [0.05, 0.1) is 12.5 Å². The van der Waals surface area contributed by atoms with Crippen molar-refractivity contribution in [3.63, 3.8) is 0 Å². The maximum atomic E-state index is 10.6. The second-order valence-electron chi connectivity index (χ2n) is 2.87. The molecule has 0 aliphatic rings. The van der Waals surface area contributed by atoms with E-state index in [0.717, 1.165) is 4.47 Å². The third-order valence-corrected chi connectivity index (χ3v) is 2.21. The molecule has 0 fully saturated rings. The third kappa shape index (κ3) is 3.67. The van der Waals surface area contributed by atoms with Crippen LogP contribution >= 0.6 is 15.9 Å². The summed E-state index contributed by atoms with van der Waals surface area (Å²) in [6, 6.07) is 1.17. The van der Waals surface area contributed by atoms with Crippen molar-refractivity contribution in [1.82, 2.24) is 10.3 Å². The van der Waals surface area contributed by atoms with E-state index in [1.807, 2.05) is 0 Å². The number of hydrogen-bond donors (Lipinski definition) is 2. The number of carboxylic acid groups (broad SMARTS) is 1. The molecule has 1 heterocycles. The van der Waals surface area contributed by atoms with Crippen molar-refractivity contribution in [2.24, 2.45) is 0 Å². The van der Waals surface area contributed by atoms with Crippen LogP contribution in [0.15, 0.2) is 22.9 Å². The zero-order chi connectivity index (χ0) is 11.3. The Hall–Kier alpha value is -1.43. The van der Waals surface area contributed by atoms with Gasteiger partial charge >= 0.3 is 5.97 Å². The number of carboxylic acids is 1. The van der Waals surface area contributed by atoms with Crippen molar-refractivity contribution < 1.29 is 14.7 Å². The summed E-state index contributed by atoms with van der Waals surface area (Å²) in [7, 11) is 0. The molecule has 1 aromatic heterocycles. The molecule has 0 spiro atoms. The van der Waals surface area contributed by atoms with Crippen LogP contribution in [0.1, 0.15) is 18.0 Å². The van der Waals surface area contributed by atoms with Crippen LogP contribution in [0.4, 0.5) is 0 Å². The molecule has 5 nitrogen and oxygen atoms in total. The molecule has 6 heteroatoms. The van der Waals surface area contributed by atoms with E-state index >= 15 is 0 Å². The van der Waals surface area contributed by atoms with Crippen LogP contribution in [-0.4, -0.2) is 22.5 Å². The smallest absolute Gasteiger partial charge is 0.305 e. The van der Waals surface area contributed by atoms with E-state index in [0.29, 0.717) is 12.0 Å². The van der Waals surface area contributed by atoms with Crippen molar-refractivity contribution >= 4 is 28.3 Å². The van der Waals surface area contributed by atoms with Gasteiger partial charge in [0.2, 0.25) is 6.41 Å². The number of amides is 1. The SMILES string of the molecule is O=CN[C@H](CC(=O)O)c1cncc(Br)c1. The highest BCUT2D eigenvalue weighted by molar-refractivity contribution is 9.10. The molecular weight excluding hydrogens is 264 g/mol. The van der Waals surface area contributed by atoms with Gasteiger partial charge in [-0.05, 0) is 27.6 Å². The fourth-order valence-corrected chi connectivity index (χ4v) is 1.53. The minimum Gasteiger partial charge on any atom is -0.481 e. The number of hydrogen-bond acceptors (Lipinski definition) is 3. The molecule has 0 radical (unpaired) electrons. The van der Waals surface area contributed by atoms with Crippen molar-refractivity contribution in [3.05, 3.63) is 28.5 Å².